The van der Waals surface area contributed by atoms with Gasteiger partial charge in [-0.25, -0.2) is 4.57 Å². The molecule has 0 aliphatic carbocycles. The van der Waals surface area contributed by atoms with Gasteiger partial charge in [-0.15, -0.1) is 0 Å². The highest BCUT2D eigenvalue weighted by Crippen LogP contribution is 2.40. The first-order valence-electron chi connectivity index (χ1n) is 10.7. The molecular formula is C26H27N2O4+. The lowest BCUT2D eigenvalue weighted by atomic mass is 9.91. The molecule has 2 aromatic carbocycles. The van der Waals surface area contributed by atoms with E-state index in [9.17, 15) is 10.2 Å². The first kappa shape index (κ1) is 20.5. The number of furan rings is 1. The van der Waals surface area contributed by atoms with Gasteiger partial charge in [0.2, 0.25) is 0 Å². The molecule has 6 heteroatoms. The first-order chi connectivity index (χ1) is 15.5. The average molecular weight is 432 g/mol. The Bertz CT molecular complexity index is 1310. The van der Waals surface area contributed by atoms with Gasteiger partial charge in [0, 0.05) is 23.1 Å². The van der Waals surface area contributed by atoms with Gasteiger partial charge in [0.25, 0.3) is 5.82 Å². The predicted molar refractivity (Wildman–Crippen MR) is 124 cm³/mol. The Morgan fingerprint density at radius 1 is 1.03 bits per heavy atom. The number of aliphatic hydroxyl groups is 2. The third-order valence-electron chi connectivity index (χ3n) is 6.35. The van der Waals surface area contributed by atoms with Gasteiger partial charge in [0.05, 0.1) is 58.9 Å². The van der Waals surface area contributed by atoms with Crippen molar-refractivity contribution < 1.29 is 23.9 Å². The third kappa shape index (κ3) is 3.15. The summed E-state index contributed by atoms with van der Waals surface area (Å²) in [5, 5.41) is 21.8. The van der Waals surface area contributed by atoms with Crippen molar-refractivity contribution in [1.82, 2.24) is 0 Å². The van der Waals surface area contributed by atoms with E-state index in [1.807, 2.05) is 32.3 Å². The second-order valence-electron chi connectivity index (χ2n) is 8.40. The molecule has 0 saturated carbocycles. The van der Waals surface area contributed by atoms with E-state index in [-0.39, 0.29) is 13.2 Å². The number of ether oxygens (including phenoxy) is 1. The quantitative estimate of drug-likeness (QED) is 0.472. The summed E-state index contributed by atoms with van der Waals surface area (Å²) in [6.45, 7) is 0.638. The second kappa shape index (κ2) is 7.97. The highest BCUT2D eigenvalue weighted by molar-refractivity contribution is 5.94. The number of nitrogens with zero attached hydrogens (tertiary/aromatic N) is 2. The van der Waals surface area contributed by atoms with Crippen LogP contribution in [0.3, 0.4) is 0 Å². The molecule has 5 rings (SSSR count). The molecule has 0 spiro atoms. The Labute approximate surface area is 186 Å². The summed E-state index contributed by atoms with van der Waals surface area (Å²) in [6.07, 6.45) is 4.30. The molecular weight excluding hydrogens is 404 g/mol. The zero-order valence-corrected chi connectivity index (χ0v) is 18.6. The molecule has 2 N–H and O–H groups in total. The predicted octanol–water partition coefficient (Wildman–Crippen LogP) is 3.67. The standard InChI is InChI=1S/C26H27N2O4/c1-27(2)26-23-9-20(14-30)19(13-29)8-18(23)10-24-21-12-22(17-5-7-32-15-17)25(31-3)11-16(21)4-6-28(24)26/h5,7-12,15,29-30H,4,6,13-14H2,1-3H3/q+1. The zero-order chi connectivity index (χ0) is 22.4. The Morgan fingerprint density at radius 2 is 1.81 bits per heavy atom. The van der Waals surface area contributed by atoms with Crippen molar-refractivity contribution >= 4 is 16.6 Å². The minimum Gasteiger partial charge on any atom is -0.496 e. The highest BCUT2D eigenvalue weighted by atomic mass is 16.5. The van der Waals surface area contributed by atoms with E-state index in [0.29, 0.717) is 0 Å². The van der Waals surface area contributed by atoms with Crippen LogP contribution in [0.5, 0.6) is 5.75 Å². The number of aryl methyl sites for hydroxylation is 1. The van der Waals surface area contributed by atoms with Crippen molar-refractivity contribution in [2.45, 2.75) is 26.2 Å². The van der Waals surface area contributed by atoms with Crippen molar-refractivity contribution in [2.24, 2.45) is 0 Å². The van der Waals surface area contributed by atoms with Gasteiger partial charge in [-0.05, 0) is 58.5 Å². The maximum atomic E-state index is 9.83. The lowest BCUT2D eigenvalue weighted by molar-refractivity contribution is -0.674. The van der Waals surface area contributed by atoms with E-state index in [1.165, 1.54) is 5.56 Å². The molecule has 0 bridgehead atoms. The van der Waals surface area contributed by atoms with E-state index < -0.39 is 0 Å². The van der Waals surface area contributed by atoms with Crippen LogP contribution in [0.4, 0.5) is 5.82 Å². The normalized spacial score (nSPS) is 12.5. The van der Waals surface area contributed by atoms with Crippen molar-refractivity contribution in [3.63, 3.8) is 0 Å². The van der Waals surface area contributed by atoms with Gasteiger partial charge in [0.15, 0.2) is 0 Å². The van der Waals surface area contributed by atoms with Crippen LogP contribution in [0.25, 0.3) is 33.2 Å². The van der Waals surface area contributed by atoms with Gasteiger partial charge in [0.1, 0.15) is 11.4 Å². The Kier molecular flexibility index (Phi) is 5.12. The summed E-state index contributed by atoms with van der Waals surface area (Å²) in [5.41, 5.74) is 7.00. The van der Waals surface area contributed by atoms with E-state index >= 15 is 0 Å². The number of anilines is 1. The van der Waals surface area contributed by atoms with Crippen LogP contribution in [0.1, 0.15) is 16.7 Å². The fraction of sp³-hybridized carbons (Fsp3) is 0.269. The number of hydrogen-bond acceptors (Lipinski definition) is 5. The minimum absolute atomic E-state index is 0.100. The Balaban J connectivity index is 1.82. The molecule has 3 heterocycles. The summed E-state index contributed by atoms with van der Waals surface area (Å²) in [6, 6.07) is 12.4. The van der Waals surface area contributed by atoms with Crippen molar-refractivity contribution in [1.29, 1.82) is 0 Å². The second-order valence-corrected chi connectivity index (χ2v) is 8.40. The van der Waals surface area contributed by atoms with Crippen LogP contribution in [-0.4, -0.2) is 31.4 Å². The molecule has 6 nitrogen and oxygen atoms in total. The largest absolute Gasteiger partial charge is 0.496 e. The summed E-state index contributed by atoms with van der Waals surface area (Å²) >= 11 is 0. The Hall–Kier alpha value is -3.35. The van der Waals surface area contributed by atoms with Crippen molar-refractivity contribution in [3.05, 3.63) is 65.6 Å². The number of hydrogen-bond donors (Lipinski definition) is 2. The number of benzene rings is 2. The van der Waals surface area contributed by atoms with Gasteiger partial charge in [-0.3, -0.25) is 4.90 Å². The number of fused-ring (bicyclic) bond motifs is 4. The smallest absolute Gasteiger partial charge is 0.284 e. The fourth-order valence-corrected chi connectivity index (χ4v) is 4.84. The first-order valence-corrected chi connectivity index (χ1v) is 10.7. The van der Waals surface area contributed by atoms with Crippen molar-refractivity contribution in [3.8, 4) is 28.1 Å². The van der Waals surface area contributed by atoms with E-state index in [1.54, 1.807) is 19.6 Å². The van der Waals surface area contributed by atoms with Crippen LogP contribution in [0.2, 0.25) is 0 Å². The SMILES string of the molecule is COc1cc2c(cc1-c1ccoc1)-c1cc3cc(CO)c(CO)cc3c(N(C)C)[n+]1CC2. The molecule has 0 saturated heterocycles. The van der Waals surface area contributed by atoms with E-state index in [2.05, 4.69) is 27.7 Å². The van der Waals surface area contributed by atoms with Crippen molar-refractivity contribution in [2.75, 3.05) is 26.1 Å². The number of aromatic nitrogens is 1. The molecule has 0 fully saturated rings. The van der Waals surface area contributed by atoms with Crippen LogP contribution in [0.15, 0.2) is 53.3 Å². The maximum absolute atomic E-state index is 9.83. The highest BCUT2D eigenvalue weighted by Gasteiger charge is 2.29. The molecule has 4 aromatic rings. The lowest BCUT2D eigenvalue weighted by Gasteiger charge is -2.25. The third-order valence-corrected chi connectivity index (χ3v) is 6.35. The topological polar surface area (TPSA) is 69.9 Å². The summed E-state index contributed by atoms with van der Waals surface area (Å²) in [5.74, 6) is 1.92. The monoisotopic (exact) mass is 431 g/mol. The average Bonchev–Trinajstić information content (AvgIpc) is 3.35. The summed E-state index contributed by atoms with van der Waals surface area (Å²) in [4.78, 5) is 2.12. The molecule has 0 atom stereocenters. The van der Waals surface area contributed by atoms with Crippen LogP contribution in [0, 0.1) is 0 Å². The van der Waals surface area contributed by atoms with E-state index in [4.69, 9.17) is 9.15 Å². The number of aliphatic hydroxyl groups excluding tert-OH is 2. The molecule has 0 radical (unpaired) electrons. The molecule has 2 aromatic heterocycles. The molecule has 0 unspecified atom stereocenters. The number of pyridine rings is 1. The maximum Gasteiger partial charge on any atom is 0.284 e. The van der Waals surface area contributed by atoms with Crippen LogP contribution < -0.4 is 14.2 Å². The van der Waals surface area contributed by atoms with Crippen LogP contribution >= 0.6 is 0 Å². The summed E-state index contributed by atoms with van der Waals surface area (Å²) in [7, 11) is 5.78. The van der Waals surface area contributed by atoms with Gasteiger partial charge < -0.3 is 19.4 Å². The lowest BCUT2D eigenvalue weighted by Crippen LogP contribution is -2.45. The molecule has 164 valence electrons. The van der Waals surface area contributed by atoms with Gasteiger partial charge in [-0.1, -0.05) is 0 Å². The van der Waals surface area contributed by atoms with Crippen LogP contribution in [-0.2, 0) is 26.2 Å². The zero-order valence-electron chi connectivity index (χ0n) is 18.6. The molecule has 1 aliphatic heterocycles. The van der Waals surface area contributed by atoms with Gasteiger partial charge in [-0.2, -0.15) is 0 Å². The minimum atomic E-state index is -0.105. The molecule has 32 heavy (non-hydrogen) atoms. The Morgan fingerprint density at radius 3 is 2.47 bits per heavy atom. The van der Waals surface area contributed by atoms with E-state index in [0.717, 1.165) is 68.8 Å². The number of methoxy groups -OCH3 is 1. The summed E-state index contributed by atoms with van der Waals surface area (Å²) < 4.78 is 13.4. The number of rotatable bonds is 5. The molecule has 0 amide bonds. The van der Waals surface area contributed by atoms with Gasteiger partial charge >= 0.3 is 0 Å². The fourth-order valence-electron chi connectivity index (χ4n) is 4.84. The molecule has 1 aliphatic rings.